The number of esters is 1. The number of hydrogen-bond acceptors (Lipinski definition) is 3. The summed E-state index contributed by atoms with van der Waals surface area (Å²) in [7, 11) is 0. The monoisotopic (exact) mass is 180 g/mol. The van der Waals surface area contributed by atoms with E-state index in [9.17, 15) is 4.79 Å². The molecule has 0 fully saturated rings. The van der Waals surface area contributed by atoms with E-state index >= 15 is 0 Å². The van der Waals surface area contributed by atoms with Crippen molar-refractivity contribution in [2.24, 2.45) is 0 Å². The van der Waals surface area contributed by atoms with Crippen LogP contribution in [0.25, 0.3) is 6.08 Å². The highest BCUT2D eigenvalue weighted by Crippen LogP contribution is 2.02. The Bertz CT molecular complexity index is 272. The van der Waals surface area contributed by atoms with Crippen LogP contribution in [0.2, 0.25) is 0 Å². The van der Waals surface area contributed by atoms with Crippen molar-refractivity contribution in [2.45, 2.75) is 13.3 Å². The molecule has 1 aromatic rings. The van der Waals surface area contributed by atoms with E-state index in [1.807, 2.05) is 6.92 Å². The highest BCUT2D eigenvalue weighted by atomic mass is 16.5. The van der Waals surface area contributed by atoms with Gasteiger partial charge in [0.05, 0.1) is 12.9 Å². The molecule has 0 saturated heterocycles. The molecule has 0 spiro atoms. The fourth-order valence-corrected chi connectivity index (χ4v) is 0.787. The summed E-state index contributed by atoms with van der Waals surface area (Å²) in [6.07, 6.45) is 5.32. The zero-order valence-electron chi connectivity index (χ0n) is 7.53. The first-order valence-corrected chi connectivity index (χ1v) is 4.21. The Morgan fingerprint density at radius 2 is 2.54 bits per heavy atom. The lowest BCUT2D eigenvalue weighted by molar-refractivity contribution is -0.137. The maximum atomic E-state index is 10.9. The van der Waals surface area contributed by atoms with Crippen molar-refractivity contribution in [1.29, 1.82) is 0 Å². The first kappa shape index (κ1) is 9.58. The van der Waals surface area contributed by atoms with Crippen molar-refractivity contribution in [3.05, 3.63) is 30.2 Å². The van der Waals surface area contributed by atoms with E-state index < -0.39 is 0 Å². The van der Waals surface area contributed by atoms with Crippen LogP contribution in [-0.2, 0) is 9.53 Å². The molecule has 1 aromatic heterocycles. The van der Waals surface area contributed by atoms with Gasteiger partial charge in [0.1, 0.15) is 5.76 Å². The summed E-state index contributed by atoms with van der Waals surface area (Å²) in [4.78, 5) is 10.9. The lowest BCUT2D eigenvalue weighted by Crippen LogP contribution is -2.00. The average molecular weight is 180 g/mol. The minimum absolute atomic E-state index is 0.335. The van der Waals surface area contributed by atoms with Crippen molar-refractivity contribution < 1.29 is 13.9 Å². The minimum atomic E-state index is -0.335. The molecule has 3 nitrogen and oxygen atoms in total. The smallest absolute Gasteiger partial charge is 0.330 e. The van der Waals surface area contributed by atoms with Gasteiger partial charge in [0, 0.05) is 6.08 Å². The molecular formula is C10H12O3. The first-order chi connectivity index (χ1) is 6.33. The van der Waals surface area contributed by atoms with Crippen LogP contribution in [0, 0.1) is 0 Å². The second kappa shape index (κ2) is 5.19. The fraction of sp³-hybridized carbons (Fsp3) is 0.300. The largest absolute Gasteiger partial charge is 0.465 e. The molecule has 1 rings (SSSR count). The quantitative estimate of drug-likeness (QED) is 0.527. The Labute approximate surface area is 77.0 Å². The molecule has 0 amide bonds. The molecule has 0 radical (unpaired) electrons. The highest BCUT2D eigenvalue weighted by molar-refractivity contribution is 5.86. The third kappa shape index (κ3) is 3.60. The van der Waals surface area contributed by atoms with E-state index in [-0.39, 0.29) is 5.97 Å². The van der Waals surface area contributed by atoms with Crippen LogP contribution in [0.5, 0.6) is 0 Å². The van der Waals surface area contributed by atoms with Crippen LogP contribution in [0.3, 0.4) is 0 Å². The molecule has 0 N–H and O–H groups in total. The van der Waals surface area contributed by atoms with E-state index in [4.69, 9.17) is 9.15 Å². The van der Waals surface area contributed by atoms with E-state index in [1.165, 1.54) is 6.08 Å². The van der Waals surface area contributed by atoms with Gasteiger partial charge in [0.15, 0.2) is 0 Å². The molecule has 0 aliphatic carbocycles. The maximum Gasteiger partial charge on any atom is 0.330 e. The van der Waals surface area contributed by atoms with Gasteiger partial charge in [-0.2, -0.15) is 0 Å². The second-order valence-electron chi connectivity index (χ2n) is 2.52. The standard InChI is InChI=1S/C10H12O3/c1-2-7-13-10(11)6-5-9-4-3-8-12-9/h3-6,8H,2,7H2,1H3/b6-5-. The van der Waals surface area contributed by atoms with Gasteiger partial charge in [0.25, 0.3) is 0 Å². The van der Waals surface area contributed by atoms with Crippen LogP contribution in [0.1, 0.15) is 19.1 Å². The summed E-state index contributed by atoms with van der Waals surface area (Å²) in [6, 6.07) is 3.53. The molecule has 0 aromatic carbocycles. The number of carbonyl (C=O) groups excluding carboxylic acids is 1. The minimum Gasteiger partial charge on any atom is -0.465 e. The lowest BCUT2D eigenvalue weighted by atomic mass is 10.4. The van der Waals surface area contributed by atoms with Gasteiger partial charge in [-0.3, -0.25) is 0 Å². The van der Waals surface area contributed by atoms with Crippen molar-refractivity contribution in [1.82, 2.24) is 0 Å². The second-order valence-corrected chi connectivity index (χ2v) is 2.52. The Morgan fingerprint density at radius 3 is 3.15 bits per heavy atom. The summed E-state index contributed by atoms with van der Waals surface area (Å²) < 4.78 is 9.82. The molecule has 0 atom stereocenters. The predicted molar refractivity (Wildman–Crippen MR) is 49.0 cm³/mol. The first-order valence-electron chi connectivity index (χ1n) is 4.21. The Kier molecular flexibility index (Phi) is 3.82. The highest BCUT2D eigenvalue weighted by Gasteiger charge is 1.95. The number of rotatable bonds is 4. The van der Waals surface area contributed by atoms with Gasteiger partial charge in [-0.25, -0.2) is 4.79 Å². The Balaban J connectivity index is 2.35. The summed E-state index contributed by atoms with van der Waals surface area (Å²) in [5.74, 6) is 0.312. The summed E-state index contributed by atoms with van der Waals surface area (Å²) in [6.45, 7) is 2.41. The molecule has 0 aliphatic heterocycles. The van der Waals surface area contributed by atoms with E-state index in [2.05, 4.69) is 0 Å². The summed E-state index contributed by atoms with van der Waals surface area (Å²) in [5, 5.41) is 0. The molecule has 1 heterocycles. The normalized spacial score (nSPS) is 10.5. The van der Waals surface area contributed by atoms with Crippen LogP contribution in [0.15, 0.2) is 28.9 Å². The average Bonchev–Trinajstić information content (AvgIpc) is 2.64. The fourth-order valence-electron chi connectivity index (χ4n) is 0.787. The van der Waals surface area contributed by atoms with Crippen LogP contribution >= 0.6 is 0 Å². The summed E-state index contributed by atoms with van der Waals surface area (Å²) in [5.41, 5.74) is 0. The third-order valence-electron chi connectivity index (χ3n) is 1.38. The number of ether oxygens (including phenoxy) is 1. The molecule has 13 heavy (non-hydrogen) atoms. The van der Waals surface area contributed by atoms with Gasteiger partial charge in [-0.1, -0.05) is 6.92 Å². The predicted octanol–water partition coefficient (Wildman–Crippen LogP) is 2.25. The molecule has 0 aliphatic rings. The summed E-state index contributed by atoms with van der Waals surface area (Å²) >= 11 is 0. The molecule has 3 heteroatoms. The van der Waals surface area contributed by atoms with Crippen LogP contribution in [0.4, 0.5) is 0 Å². The van der Waals surface area contributed by atoms with E-state index in [1.54, 1.807) is 24.5 Å². The van der Waals surface area contributed by atoms with Gasteiger partial charge >= 0.3 is 5.97 Å². The van der Waals surface area contributed by atoms with E-state index in [0.29, 0.717) is 12.4 Å². The molecule has 0 unspecified atom stereocenters. The van der Waals surface area contributed by atoms with Crippen molar-refractivity contribution in [3.8, 4) is 0 Å². The van der Waals surface area contributed by atoms with Gasteiger partial charge in [-0.15, -0.1) is 0 Å². The van der Waals surface area contributed by atoms with Crippen molar-refractivity contribution in [3.63, 3.8) is 0 Å². The van der Waals surface area contributed by atoms with Crippen molar-refractivity contribution in [2.75, 3.05) is 6.61 Å². The topological polar surface area (TPSA) is 39.4 Å². The maximum absolute atomic E-state index is 10.9. The Hall–Kier alpha value is -1.51. The zero-order chi connectivity index (χ0) is 9.52. The van der Waals surface area contributed by atoms with Crippen molar-refractivity contribution >= 4 is 12.0 Å². The molecule has 70 valence electrons. The van der Waals surface area contributed by atoms with Gasteiger partial charge in [-0.05, 0) is 24.6 Å². The molecule has 0 bridgehead atoms. The van der Waals surface area contributed by atoms with Gasteiger partial charge in [0.2, 0.25) is 0 Å². The molecule has 0 saturated carbocycles. The molecular weight excluding hydrogens is 168 g/mol. The van der Waals surface area contributed by atoms with Crippen LogP contribution in [-0.4, -0.2) is 12.6 Å². The zero-order valence-corrected chi connectivity index (χ0v) is 7.53. The van der Waals surface area contributed by atoms with Crippen LogP contribution < -0.4 is 0 Å². The van der Waals surface area contributed by atoms with Gasteiger partial charge < -0.3 is 9.15 Å². The number of carbonyl (C=O) groups is 1. The van der Waals surface area contributed by atoms with E-state index in [0.717, 1.165) is 6.42 Å². The Morgan fingerprint density at radius 1 is 1.69 bits per heavy atom. The number of hydrogen-bond donors (Lipinski definition) is 0. The SMILES string of the molecule is CCCOC(=O)/C=C\c1ccco1. The lowest BCUT2D eigenvalue weighted by Gasteiger charge is -1.96. The third-order valence-corrected chi connectivity index (χ3v) is 1.38. The number of furan rings is 1.